The second kappa shape index (κ2) is 12.3. The van der Waals surface area contributed by atoms with Crippen LogP contribution in [0.25, 0.3) is 0 Å². The summed E-state index contributed by atoms with van der Waals surface area (Å²) >= 11 is 0. The van der Waals surface area contributed by atoms with E-state index in [1.807, 2.05) is 0 Å². The van der Waals surface area contributed by atoms with Gasteiger partial charge >= 0.3 is 0 Å². The average molecular weight is 260 g/mol. The van der Waals surface area contributed by atoms with Gasteiger partial charge in [0, 0.05) is 40.2 Å². The van der Waals surface area contributed by atoms with E-state index in [4.69, 9.17) is 9.47 Å². The Morgan fingerprint density at radius 2 is 1.22 bits per heavy atom. The molecule has 2 amide bonds. The maximum Gasteiger partial charge on any atom is 0.220 e. The Kier molecular flexibility index (Phi) is 11.5. The van der Waals surface area contributed by atoms with Gasteiger partial charge in [0.15, 0.2) is 0 Å². The second-order valence-corrected chi connectivity index (χ2v) is 3.89. The zero-order chi connectivity index (χ0) is 13.6. The number of unbranched alkanes of at least 4 members (excludes halogenated alkanes) is 1. The van der Waals surface area contributed by atoms with E-state index in [2.05, 4.69) is 10.6 Å². The average Bonchev–Trinajstić information content (AvgIpc) is 2.35. The highest BCUT2D eigenvalue weighted by atomic mass is 16.5. The molecule has 6 nitrogen and oxygen atoms in total. The van der Waals surface area contributed by atoms with Crippen LogP contribution in [0.1, 0.15) is 25.7 Å². The molecule has 0 atom stereocenters. The Bertz CT molecular complexity index is 210. The highest BCUT2D eigenvalue weighted by Crippen LogP contribution is 1.99. The van der Waals surface area contributed by atoms with Gasteiger partial charge in [-0.2, -0.15) is 0 Å². The molecule has 6 heteroatoms. The van der Waals surface area contributed by atoms with E-state index in [9.17, 15) is 9.59 Å². The lowest BCUT2D eigenvalue weighted by molar-refractivity contribution is -0.123. The molecule has 0 spiro atoms. The van der Waals surface area contributed by atoms with Gasteiger partial charge in [-0.15, -0.1) is 0 Å². The molecule has 0 aliphatic carbocycles. The maximum atomic E-state index is 11.3. The summed E-state index contributed by atoms with van der Waals surface area (Å²) in [6, 6.07) is 0. The summed E-state index contributed by atoms with van der Waals surface area (Å²) in [5.74, 6) is 0.0127. The molecule has 0 radical (unpaired) electrons. The Morgan fingerprint density at radius 1 is 0.833 bits per heavy atom. The Labute approximate surface area is 108 Å². The minimum absolute atomic E-state index is 0.00633. The fourth-order valence-electron chi connectivity index (χ4n) is 1.33. The van der Waals surface area contributed by atoms with Gasteiger partial charge in [-0.1, -0.05) is 0 Å². The van der Waals surface area contributed by atoms with Crippen LogP contribution in [-0.4, -0.2) is 52.3 Å². The van der Waals surface area contributed by atoms with Crippen molar-refractivity contribution < 1.29 is 19.1 Å². The molecular weight excluding hydrogens is 236 g/mol. The minimum atomic E-state index is 0.00633. The largest absolute Gasteiger partial charge is 0.383 e. The van der Waals surface area contributed by atoms with Crippen LogP contribution in [0.15, 0.2) is 0 Å². The zero-order valence-electron chi connectivity index (χ0n) is 11.3. The van der Waals surface area contributed by atoms with E-state index >= 15 is 0 Å². The van der Waals surface area contributed by atoms with Crippen LogP contribution in [0.3, 0.4) is 0 Å². The van der Waals surface area contributed by atoms with Crippen LogP contribution in [-0.2, 0) is 19.1 Å². The Balaban J connectivity index is 3.32. The Morgan fingerprint density at radius 3 is 1.56 bits per heavy atom. The number of nitrogens with one attached hydrogen (secondary N) is 2. The molecule has 0 unspecified atom stereocenters. The predicted octanol–water partition coefficient (Wildman–Crippen LogP) is 0.0720. The number of hydrogen-bond acceptors (Lipinski definition) is 4. The molecule has 0 aromatic heterocycles. The molecule has 0 aliphatic heterocycles. The zero-order valence-corrected chi connectivity index (χ0v) is 11.3. The molecule has 0 fully saturated rings. The van der Waals surface area contributed by atoms with E-state index < -0.39 is 0 Å². The quantitative estimate of drug-likeness (QED) is 0.516. The molecule has 0 saturated carbocycles. The molecule has 106 valence electrons. The molecule has 0 aromatic carbocycles. The van der Waals surface area contributed by atoms with Crippen molar-refractivity contribution in [2.24, 2.45) is 0 Å². The molecule has 0 saturated heterocycles. The number of carbonyl (C=O) groups is 2. The van der Waals surface area contributed by atoms with E-state index in [1.165, 1.54) is 0 Å². The first-order chi connectivity index (χ1) is 8.70. The van der Waals surface area contributed by atoms with Crippen molar-refractivity contribution in [3.05, 3.63) is 0 Å². The second-order valence-electron chi connectivity index (χ2n) is 3.89. The van der Waals surface area contributed by atoms with Gasteiger partial charge in [-0.05, 0) is 12.8 Å². The Hall–Kier alpha value is -1.14. The fraction of sp³-hybridized carbons (Fsp3) is 0.833. The van der Waals surface area contributed by atoms with Gasteiger partial charge in [0.1, 0.15) is 0 Å². The lowest BCUT2D eigenvalue weighted by atomic mass is 10.2. The number of rotatable bonds is 11. The van der Waals surface area contributed by atoms with Gasteiger partial charge in [0.2, 0.25) is 11.8 Å². The minimum Gasteiger partial charge on any atom is -0.383 e. The van der Waals surface area contributed by atoms with Crippen LogP contribution in [0.2, 0.25) is 0 Å². The maximum absolute atomic E-state index is 11.3. The van der Waals surface area contributed by atoms with Crippen LogP contribution in [0.4, 0.5) is 0 Å². The lowest BCUT2D eigenvalue weighted by Crippen LogP contribution is -2.27. The topological polar surface area (TPSA) is 76.7 Å². The normalized spacial score (nSPS) is 10.1. The van der Waals surface area contributed by atoms with Gasteiger partial charge < -0.3 is 20.1 Å². The molecular formula is C12H24N2O4. The predicted molar refractivity (Wildman–Crippen MR) is 68.2 cm³/mol. The molecule has 18 heavy (non-hydrogen) atoms. The third kappa shape index (κ3) is 11.3. The summed E-state index contributed by atoms with van der Waals surface area (Å²) in [5.41, 5.74) is 0. The first-order valence-corrected chi connectivity index (χ1v) is 6.22. The van der Waals surface area contributed by atoms with Crippen molar-refractivity contribution in [3.63, 3.8) is 0 Å². The van der Waals surface area contributed by atoms with Crippen molar-refractivity contribution in [1.29, 1.82) is 0 Å². The molecule has 0 aromatic rings. The molecule has 0 rings (SSSR count). The lowest BCUT2D eigenvalue weighted by Gasteiger charge is -2.05. The van der Waals surface area contributed by atoms with Crippen molar-refractivity contribution in [3.8, 4) is 0 Å². The van der Waals surface area contributed by atoms with Gasteiger partial charge in [0.05, 0.1) is 13.2 Å². The monoisotopic (exact) mass is 260 g/mol. The summed E-state index contributed by atoms with van der Waals surface area (Å²) in [6.45, 7) is 2.11. The van der Waals surface area contributed by atoms with E-state index in [0.717, 1.165) is 12.8 Å². The van der Waals surface area contributed by atoms with Crippen LogP contribution >= 0.6 is 0 Å². The number of hydrogen-bond donors (Lipinski definition) is 2. The number of carbonyl (C=O) groups excluding carboxylic acids is 2. The van der Waals surface area contributed by atoms with E-state index in [1.54, 1.807) is 14.2 Å². The summed E-state index contributed by atoms with van der Waals surface area (Å²) < 4.78 is 9.64. The third-order valence-electron chi connectivity index (χ3n) is 2.31. The van der Waals surface area contributed by atoms with Crippen molar-refractivity contribution in [2.75, 3.05) is 40.5 Å². The molecule has 0 bridgehead atoms. The van der Waals surface area contributed by atoms with Gasteiger partial charge in [-0.3, -0.25) is 9.59 Å². The van der Waals surface area contributed by atoms with Crippen molar-refractivity contribution >= 4 is 11.8 Å². The first kappa shape index (κ1) is 16.9. The third-order valence-corrected chi connectivity index (χ3v) is 2.31. The number of ether oxygens (including phenoxy) is 2. The van der Waals surface area contributed by atoms with E-state index in [-0.39, 0.29) is 11.8 Å². The van der Waals surface area contributed by atoms with Crippen LogP contribution < -0.4 is 10.6 Å². The highest BCUT2D eigenvalue weighted by Gasteiger charge is 2.03. The summed E-state index contributed by atoms with van der Waals surface area (Å²) in [7, 11) is 3.18. The highest BCUT2D eigenvalue weighted by molar-refractivity contribution is 5.77. The van der Waals surface area contributed by atoms with Crippen LogP contribution in [0.5, 0.6) is 0 Å². The molecule has 2 N–H and O–H groups in total. The molecule has 0 heterocycles. The van der Waals surface area contributed by atoms with Gasteiger partial charge in [-0.25, -0.2) is 0 Å². The van der Waals surface area contributed by atoms with E-state index in [0.29, 0.717) is 39.1 Å². The van der Waals surface area contributed by atoms with Crippen LogP contribution in [0, 0.1) is 0 Å². The summed E-state index contributed by atoms with van der Waals surface area (Å²) in [4.78, 5) is 22.6. The smallest absolute Gasteiger partial charge is 0.220 e. The fourth-order valence-corrected chi connectivity index (χ4v) is 1.33. The molecule has 0 aliphatic rings. The van der Waals surface area contributed by atoms with Gasteiger partial charge in [0.25, 0.3) is 0 Å². The summed E-state index contributed by atoms with van der Waals surface area (Å²) in [5, 5.41) is 5.47. The van der Waals surface area contributed by atoms with Crippen molar-refractivity contribution in [2.45, 2.75) is 25.7 Å². The number of amides is 2. The van der Waals surface area contributed by atoms with Crippen molar-refractivity contribution in [1.82, 2.24) is 10.6 Å². The standard InChI is InChI=1S/C12H24N2O4/c1-17-9-7-13-11(15)5-3-4-6-12(16)14-8-10-18-2/h3-10H2,1-2H3,(H,13,15)(H,14,16). The SMILES string of the molecule is COCCNC(=O)CCCCC(=O)NCCOC. The first-order valence-electron chi connectivity index (χ1n) is 6.22. The number of methoxy groups -OCH3 is 2. The summed E-state index contributed by atoms with van der Waals surface area (Å²) in [6.07, 6.45) is 2.34.